The Kier molecular flexibility index (Phi) is 7.21. The van der Waals surface area contributed by atoms with Crippen LogP contribution < -0.4 is 5.48 Å². The Morgan fingerprint density at radius 3 is 2.67 bits per heavy atom. The maximum absolute atomic E-state index is 11.3. The van der Waals surface area contributed by atoms with E-state index >= 15 is 0 Å². The largest absolute Gasteiger partial charge is 0.481 e. The molecule has 0 aromatic rings. The van der Waals surface area contributed by atoms with Crippen LogP contribution >= 0.6 is 0 Å². The molecule has 0 amide bonds. The molecule has 2 N–H and O–H groups in total. The molecular weight excluding hydrogens is 202 g/mol. The summed E-state index contributed by atoms with van der Waals surface area (Å²) >= 11 is 0. The highest BCUT2D eigenvalue weighted by molar-refractivity contribution is 5.81. The topological polar surface area (TPSA) is 84.9 Å². The number of carbonyl (C=O) groups excluding carboxylic acids is 1. The van der Waals surface area contributed by atoms with E-state index in [0.29, 0.717) is 0 Å². The normalized spacial score (nSPS) is 12.7. The summed E-state index contributed by atoms with van der Waals surface area (Å²) in [6.45, 7) is 1.91. The van der Waals surface area contributed by atoms with Crippen LogP contribution in [0.3, 0.4) is 0 Å². The fourth-order valence-electron chi connectivity index (χ4n) is 0.817. The Morgan fingerprint density at radius 2 is 2.20 bits per heavy atom. The van der Waals surface area contributed by atoms with Crippen molar-refractivity contribution in [1.82, 2.24) is 5.48 Å². The zero-order valence-electron chi connectivity index (χ0n) is 8.73. The molecule has 0 unspecified atom stereocenters. The molecule has 0 rings (SSSR count). The van der Waals surface area contributed by atoms with Gasteiger partial charge in [0.15, 0.2) is 0 Å². The zero-order valence-corrected chi connectivity index (χ0v) is 8.73. The standard InChI is InChI=1S/C9H15NO5/c1-3-4-5-15-9(13)7(10-14-2)6-8(11)12/h3-4,7,10H,5-6H2,1-2H3,(H,11,12)/t7-/m0/s1. The Balaban J connectivity index is 4.09. The molecule has 0 heterocycles. The minimum Gasteiger partial charge on any atom is -0.481 e. The van der Waals surface area contributed by atoms with E-state index in [1.54, 1.807) is 19.1 Å². The van der Waals surface area contributed by atoms with Crippen LogP contribution in [0.5, 0.6) is 0 Å². The summed E-state index contributed by atoms with van der Waals surface area (Å²) in [6, 6.07) is -0.988. The molecule has 0 aliphatic carbocycles. The maximum atomic E-state index is 11.3. The summed E-state index contributed by atoms with van der Waals surface area (Å²) in [7, 11) is 1.30. The van der Waals surface area contributed by atoms with E-state index in [0.717, 1.165) is 0 Å². The van der Waals surface area contributed by atoms with Crippen molar-refractivity contribution in [3.63, 3.8) is 0 Å². The Bertz CT molecular complexity index is 239. The van der Waals surface area contributed by atoms with Gasteiger partial charge in [0.05, 0.1) is 13.5 Å². The summed E-state index contributed by atoms with van der Waals surface area (Å²) in [4.78, 5) is 26.2. The Morgan fingerprint density at radius 1 is 1.53 bits per heavy atom. The first-order chi connectivity index (χ1) is 7.11. The van der Waals surface area contributed by atoms with Crippen molar-refractivity contribution in [3.05, 3.63) is 12.2 Å². The van der Waals surface area contributed by atoms with Crippen molar-refractivity contribution >= 4 is 11.9 Å². The van der Waals surface area contributed by atoms with E-state index in [9.17, 15) is 9.59 Å². The fraction of sp³-hybridized carbons (Fsp3) is 0.556. The van der Waals surface area contributed by atoms with Crippen LogP contribution in [0.1, 0.15) is 13.3 Å². The molecule has 0 aliphatic heterocycles. The molecule has 0 aliphatic rings. The van der Waals surface area contributed by atoms with Crippen LogP contribution in [0.2, 0.25) is 0 Å². The first-order valence-corrected chi connectivity index (χ1v) is 4.40. The quantitative estimate of drug-likeness (QED) is 0.357. The second kappa shape index (κ2) is 7.95. The average Bonchev–Trinajstić information content (AvgIpc) is 2.17. The van der Waals surface area contributed by atoms with Gasteiger partial charge in [0.25, 0.3) is 0 Å². The number of hydrogen-bond acceptors (Lipinski definition) is 5. The molecular formula is C9H15NO5. The molecule has 0 aromatic carbocycles. The number of hydrogen-bond donors (Lipinski definition) is 2. The van der Waals surface area contributed by atoms with Gasteiger partial charge in [-0.2, -0.15) is 5.48 Å². The minimum atomic E-state index is -1.10. The first kappa shape index (κ1) is 13.6. The summed E-state index contributed by atoms with van der Waals surface area (Å²) in [5.74, 6) is -1.76. The molecule has 0 spiro atoms. The van der Waals surface area contributed by atoms with Crippen molar-refractivity contribution < 1.29 is 24.3 Å². The lowest BCUT2D eigenvalue weighted by Gasteiger charge is -2.13. The van der Waals surface area contributed by atoms with Crippen LogP contribution in [0, 0.1) is 0 Å². The average molecular weight is 217 g/mol. The number of carboxylic acid groups (broad SMARTS) is 1. The highest BCUT2D eigenvalue weighted by Gasteiger charge is 2.22. The molecule has 0 radical (unpaired) electrons. The SMILES string of the molecule is CC=CCOC(=O)[C@H](CC(=O)O)NOC. The van der Waals surface area contributed by atoms with E-state index in [1.807, 2.05) is 0 Å². The number of carbonyl (C=O) groups is 2. The Hall–Kier alpha value is -1.40. The van der Waals surface area contributed by atoms with E-state index in [2.05, 4.69) is 10.3 Å². The summed E-state index contributed by atoms with van der Waals surface area (Å²) in [6.07, 6.45) is 2.98. The van der Waals surface area contributed by atoms with E-state index in [-0.39, 0.29) is 13.0 Å². The number of carboxylic acids is 1. The smallest absolute Gasteiger partial charge is 0.326 e. The number of nitrogens with one attached hydrogen (secondary N) is 1. The first-order valence-electron chi connectivity index (χ1n) is 4.40. The van der Waals surface area contributed by atoms with Crippen LogP contribution in [-0.2, 0) is 19.2 Å². The van der Waals surface area contributed by atoms with E-state index in [1.165, 1.54) is 7.11 Å². The summed E-state index contributed by atoms with van der Waals surface area (Å²) in [5.41, 5.74) is 2.26. The lowest BCUT2D eigenvalue weighted by molar-refractivity contribution is -0.153. The van der Waals surface area contributed by atoms with Crippen LogP contribution in [-0.4, -0.2) is 36.8 Å². The van der Waals surface area contributed by atoms with Crippen molar-refractivity contribution in [2.45, 2.75) is 19.4 Å². The van der Waals surface area contributed by atoms with Crippen LogP contribution in [0.25, 0.3) is 0 Å². The lowest BCUT2D eigenvalue weighted by atomic mass is 10.2. The minimum absolute atomic E-state index is 0.122. The van der Waals surface area contributed by atoms with Gasteiger partial charge < -0.3 is 14.7 Å². The fourth-order valence-corrected chi connectivity index (χ4v) is 0.817. The molecule has 0 fully saturated rings. The van der Waals surface area contributed by atoms with Crippen LogP contribution in [0.15, 0.2) is 12.2 Å². The molecule has 1 atom stereocenters. The molecule has 0 aromatic heterocycles. The molecule has 15 heavy (non-hydrogen) atoms. The van der Waals surface area contributed by atoms with Gasteiger partial charge in [-0.05, 0) is 6.92 Å². The van der Waals surface area contributed by atoms with E-state index in [4.69, 9.17) is 9.84 Å². The third kappa shape index (κ3) is 6.64. The second-order valence-corrected chi connectivity index (χ2v) is 2.67. The zero-order chi connectivity index (χ0) is 11.7. The summed E-state index contributed by atoms with van der Waals surface area (Å²) in [5, 5.41) is 8.51. The number of aliphatic carboxylic acids is 1. The molecule has 6 nitrogen and oxygen atoms in total. The number of allylic oxidation sites excluding steroid dienone is 1. The number of rotatable bonds is 7. The predicted octanol–water partition coefficient (Wildman–Crippen LogP) is 0.1000. The van der Waals surface area contributed by atoms with Gasteiger partial charge in [0.1, 0.15) is 12.6 Å². The van der Waals surface area contributed by atoms with Crippen molar-refractivity contribution in [1.29, 1.82) is 0 Å². The third-order valence-electron chi connectivity index (χ3n) is 1.48. The Labute approximate surface area is 87.8 Å². The van der Waals surface area contributed by atoms with Crippen molar-refractivity contribution in [3.8, 4) is 0 Å². The van der Waals surface area contributed by atoms with Gasteiger partial charge in [-0.25, -0.2) is 0 Å². The maximum Gasteiger partial charge on any atom is 0.326 e. The molecule has 0 saturated carbocycles. The number of hydroxylamine groups is 1. The molecule has 86 valence electrons. The van der Waals surface area contributed by atoms with Gasteiger partial charge in [-0.3, -0.25) is 9.59 Å². The van der Waals surface area contributed by atoms with E-state index < -0.39 is 18.0 Å². The highest BCUT2D eigenvalue weighted by atomic mass is 16.6. The highest BCUT2D eigenvalue weighted by Crippen LogP contribution is 1.96. The lowest BCUT2D eigenvalue weighted by Crippen LogP contribution is -2.39. The molecule has 6 heteroatoms. The van der Waals surface area contributed by atoms with Crippen molar-refractivity contribution in [2.24, 2.45) is 0 Å². The number of esters is 1. The van der Waals surface area contributed by atoms with Crippen molar-refractivity contribution in [2.75, 3.05) is 13.7 Å². The molecule has 0 bridgehead atoms. The van der Waals surface area contributed by atoms with Gasteiger partial charge >= 0.3 is 11.9 Å². The van der Waals surface area contributed by atoms with Gasteiger partial charge in [-0.1, -0.05) is 12.2 Å². The monoisotopic (exact) mass is 217 g/mol. The summed E-state index contributed by atoms with van der Waals surface area (Å²) < 4.78 is 4.77. The van der Waals surface area contributed by atoms with Gasteiger partial charge in [0.2, 0.25) is 0 Å². The predicted molar refractivity (Wildman–Crippen MR) is 52.0 cm³/mol. The second-order valence-electron chi connectivity index (χ2n) is 2.67. The van der Waals surface area contributed by atoms with Crippen LogP contribution in [0.4, 0.5) is 0 Å². The van der Waals surface area contributed by atoms with Gasteiger partial charge in [0, 0.05) is 0 Å². The van der Waals surface area contributed by atoms with Gasteiger partial charge in [-0.15, -0.1) is 0 Å². The third-order valence-corrected chi connectivity index (χ3v) is 1.48. The molecule has 0 saturated heterocycles. The number of ether oxygens (including phenoxy) is 1.